The second kappa shape index (κ2) is 8.48. The largest absolute Gasteiger partial charge is 0.330 e. The Hall–Kier alpha value is 0.390. The molecule has 92 valence electrons. The summed E-state index contributed by atoms with van der Waals surface area (Å²) in [5.74, 6) is 0. The molecule has 1 rings (SSSR count). The van der Waals surface area contributed by atoms with Crippen molar-refractivity contribution in [3.05, 3.63) is 32.7 Å². The highest BCUT2D eigenvalue weighted by Crippen LogP contribution is 2.28. The molecule has 1 aromatic rings. The van der Waals surface area contributed by atoms with Crippen LogP contribution in [0.25, 0.3) is 0 Å². The number of rotatable bonds is 5. The van der Waals surface area contributed by atoms with Crippen LogP contribution in [0.2, 0.25) is 0 Å². The molecule has 0 radical (unpaired) electrons. The van der Waals surface area contributed by atoms with Crippen LogP contribution in [0.1, 0.15) is 30.9 Å². The van der Waals surface area contributed by atoms with Gasteiger partial charge in [-0.3, -0.25) is 0 Å². The highest BCUT2D eigenvalue weighted by atomic mass is 79.9. The molecule has 0 heterocycles. The summed E-state index contributed by atoms with van der Waals surface area (Å²) in [7, 11) is 0. The van der Waals surface area contributed by atoms with Crippen LogP contribution in [0, 0.1) is 0 Å². The number of halogens is 3. The normalized spacial score (nSPS) is 12.0. The van der Waals surface area contributed by atoms with Crippen molar-refractivity contribution in [3.63, 3.8) is 0 Å². The molecular formula is C11H17Br2ClN2. The van der Waals surface area contributed by atoms with Crippen molar-refractivity contribution in [2.24, 2.45) is 11.5 Å². The van der Waals surface area contributed by atoms with Gasteiger partial charge >= 0.3 is 0 Å². The molecule has 0 aliphatic heterocycles. The van der Waals surface area contributed by atoms with Gasteiger partial charge in [0.25, 0.3) is 0 Å². The SMILES string of the molecule is Cl.NCCCC[C@H](N)c1cc(Br)ccc1Br. The molecule has 0 fully saturated rings. The van der Waals surface area contributed by atoms with Crippen molar-refractivity contribution in [1.29, 1.82) is 0 Å². The minimum Gasteiger partial charge on any atom is -0.330 e. The third-order valence-corrected chi connectivity index (χ3v) is 3.54. The highest BCUT2D eigenvalue weighted by Gasteiger charge is 2.09. The molecule has 1 aromatic carbocycles. The van der Waals surface area contributed by atoms with Crippen molar-refractivity contribution < 1.29 is 0 Å². The molecule has 0 saturated heterocycles. The van der Waals surface area contributed by atoms with Crippen LogP contribution in [0.4, 0.5) is 0 Å². The van der Waals surface area contributed by atoms with E-state index in [0.29, 0.717) is 0 Å². The van der Waals surface area contributed by atoms with Crippen LogP contribution >= 0.6 is 44.3 Å². The van der Waals surface area contributed by atoms with Gasteiger partial charge in [-0.15, -0.1) is 12.4 Å². The third kappa shape index (κ3) is 5.15. The molecule has 0 saturated carbocycles. The number of unbranched alkanes of at least 4 members (excludes halogenated alkanes) is 1. The average molecular weight is 373 g/mol. The zero-order valence-electron chi connectivity index (χ0n) is 8.96. The standard InChI is InChI=1S/C11H16Br2N2.ClH/c12-8-4-5-10(13)9(7-8)11(15)3-1-2-6-14;/h4-5,7,11H,1-3,6,14-15H2;1H/t11-;/m0./s1. The second-order valence-electron chi connectivity index (χ2n) is 3.56. The first kappa shape index (κ1) is 16.4. The fourth-order valence-electron chi connectivity index (χ4n) is 1.46. The Morgan fingerprint density at radius 1 is 1.19 bits per heavy atom. The predicted molar refractivity (Wildman–Crippen MR) is 78.9 cm³/mol. The lowest BCUT2D eigenvalue weighted by Gasteiger charge is -2.14. The van der Waals surface area contributed by atoms with Crippen molar-refractivity contribution in [2.75, 3.05) is 6.54 Å². The smallest absolute Gasteiger partial charge is 0.0306 e. The molecule has 4 N–H and O–H groups in total. The Kier molecular flexibility index (Phi) is 8.68. The molecule has 5 heteroatoms. The number of hydrogen-bond donors (Lipinski definition) is 2. The topological polar surface area (TPSA) is 52.0 Å². The summed E-state index contributed by atoms with van der Waals surface area (Å²) in [6.45, 7) is 0.742. The summed E-state index contributed by atoms with van der Waals surface area (Å²) in [6, 6.07) is 6.17. The van der Waals surface area contributed by atoms with E-state index in [1.807, 2.05) is 12.1 Å². The molecule has 0 amide bonds. The summed E-state index contributed by atoms with van der Waals surface area (Å²) >= 11 is 6.96. The van der Waals surface area contributed by atoms with E-state index in [1.165, 1.54) is 0 Å². The molecule has 1 atom stereocenters. The quantitative estimate of drug-likeness (QED) is 0.773. The molecule has 2 nitrogen and oxygen atoms in total. The zero-order chi connectivity index (χ0) is 11.3. The Morgan fingerprint density at radius 3 is 2.50 bits per heavy atom. The number of hydrogen-bond acceptors (Lipinski definition) is 2. The van der Waals surface area contributed by atoms with Gasteiger partial charge in [-0.2, -0.15) is 0 Å². The molecule has 0 aromatic heterocycles. The molecule has 0 bridgehead atoms. The summed E-state index contributed by atoms with van der Waals surface area (Å²) in [4.78, 5) is 0. The Bertz CT molecular complexity index is 321. The van der Waals surface area contributed by atoms with Crippen LogP contribution in [-0.4, -0.2) is 6.54 Å². The molecule has 0 unspecified atom stereocenters. The van der Waals surface area contributed by atoms with Crippen molar-refractivity contribution >= 4 is 44.3 Å². The number of nitrogens with two attached hydrogens (primary N) is 2. The summed E-state index contributed by atoms with van der Waals surface area (Å²) < 4.78 is 2.14. The van der Waals surface area contributed by atoms with Crippen LogP contribution in [0.5, 0.6) is 0 Å². The Balaban J connectivity index is 0.00000225. The summed E-state index contributed by atoms with van der Waals surface area (Å²) in [5.41, 5.74) is 12.7. The van der Waals surface area contributed by atoms with E-state index < -0.39 is 0 Å². The van der Waals surface area contributed by atoms with Gasteiger partial charge in [0.1, 0.15) is 0 Å². The van der Waals surface area contributed by atoms with E-state index >= 15 is 0 Å². The van der Waals surface area contributed by atoms with Gasteiger partial charge in [-0.05, 0) is 43.1 Å². The van der Waals surface area contributed by atoms with Gasteiger partial charge in [0.05, 0.1) is 0 Å². The lowest BCUT2D eigenvalue weighted by atomic mass is 10.0. The first-order valence-electron chi connectivity index (χ1n) is 5.05. The van der Waals surface area contributed by atoms with Gasteiger partial charge in [0.2, 0.25) is 0 Å². The molecular weight excluding hydrogens is 355 g/mol. The minimum absolute atomic E-state index is 0. The summed E-state index contributed by atoms with van der Waals surface area (Å²) in [6.07, 6.45) is 3.10. The average Bonchev–Trinajstić information content (AvgIpc) is 2.22. The van der Waals surface area contributed by atoms with Gasteiger partial charge in [-0.1, -0.05) is 38.3 Å². The highest BCUT2D eigenvalue weighted by molar-refractivity contribution is 9.11. The number of benzene rings is 1. The molecule has 0 aliphatic rings. The third-order valence-electron chi connectivity index (χ3n) is 2.33. The first-order chi connectivity index (χ1) is 7.15. The van der Waals surface area contributed by atoms with Crippen molar-refractivity contribution in [2.45, 2.75) is 25.3 Å². The zero-order valence-corrected chi connectivity index (χ0v) is 12.9. The van der Waals surface area contributed by atoms with Gasteiger partial charge in [0.15, 0.2) is 0 Å². The predicted octanol–water partition coefficient (Wildman–Crippen LogP) is 3.76. The fraction of sp³-hybridized carbons (Fsp3) is 0.455. The molecule has 0 aliphatic carbocycles. The lowest BCUT2D eigenvalue weighted by Crippen LogP contribution is -2.11. The maximum atomic E-state index is 6.11. The Labute approximate surface area is 120 Å². The Morgan fingerprint density at radius 2 is 1.88 bits per heavy atom. The molecule has 0 spiro atoms. The van der Waals surface area contributed by atoms with Crippen LogP contribution in [-0.2, 0) is 0 Å². The van der Waals surface area contributed by atoms with E-state index in [4.69, 9.17) is 11.5 Å². The van der Waals surface area contributed by atoms with E-state index in [9.17, 15) is 0 Å². The van der Waals surface area contributed by atoms with E-state index in [-0.39, 0.29) is 18.4 Å². The van der Waals surface area contributed by atoms with E-state index in [2.05, 4.69) is 37.9 Å². The van der Waals surface area contributed by atoms with E-state index in [0.717, 1.165) is 40.3 Å². The van der Waals surface area contributed by atoms with Gasteiger partial charge in [0, 0.05) is 15.0 Å². The van der Waals surface area contributed by atoms with Crippen LogP contribution in [0.3, 0.4) is 0 Å². The fourth-order valence-corrected chi connectivity index (χ4v) is 2.38. The van der Waals surface area contributed by atoms with Crippen molar-refractivity contribution in [3.8, 4) is 0 Å². The van der Waals surface area contributed by atoms with Crippen LogP contribution in [0.15, 0.2) is 27.1 Å². The van der Waals surface area contributed by atoms with E-state index in [1.54, 1.807) is 0 Å². The van der Waals surface area contributed by atoms with Gasteiger partial charge in [-0.25, -0.2) is 0 Å². The minimum atomic E-state index is 0. The maximum absolute atomic E-state index is 6.11. The first-order valence-corrected chi connectivity index (χ1v) is 6.64. The molecule has 16 heavy (non-hydrogen) atoms. The van der Waals surface area contributed by atoms with Crippen molar-refractivity contribution in [1.82, 2.24) is 0 Å². The van der Waals surface area contributed by atoms with Gasteiger partial charge < -0.3 is 11.5 Å². The second-order valence-corrected chi connectivity index (χ2v) is 5.33. The maximum Gasteiger partial charge on any atom is 0.0306 e. The summed E-state index contributed by atoms with van der Waals surface area (Å²) in [5, 5.41) is 0. The van der Waals surface area contributed by atoms with Crippen LogP contribution < -0.4 is 11.5 Å². The lowest BCUT2D eigenvalue weighted by molar-refractivity contribution is 0.589. The monoisotopic (exact) mass is 370 g/mol.